The van der Waals surface area contributed by atoms with Crippen molar-refractivity contribution in [1.82, 2.24) is 0 Å². The second-order valence-electron chi connectivity index (χ2n) is 6.48. The van der Waals surface area contributed by atoms with Crippen molar-refractivity contribution in [3.63, 3.8) is 0 Å². The predicted octanol–water partition coefficient (Wildman–Crippen LogP) is 4.84. The largest absolute Gasteiger partial charge is 0.495 e. The first-order valence-corrected chi connectivity index (χ1v) is 7.24. The van der Waals surface area contributed by atoms with Crippen LogP contribution in [0.25, 0.3) is 0 Å². The summed E-state index contributed by atoms with van der Waals surface area (Å²) >= 11 is 0. The number of benzene rings is 1. The molecule has 0 aromatic heterocycles. The summed E-state index contributed by atoms with van der Waals surface area (Å²) in [6, 6.07) is 6.87. The van der Waals surface area contributed by atoms with Crippen LogP contribution in [0.1, 0.15) is 53.5 Å². The van der Waals surface area contributed by atoms with Gasteiger partial charge in [-0.25, -0.2) is 0 Å². The van der Waals surface area contributed by atoms with Gasteiger partial charge in [0.05, 0.1) is 12.8 Å². The fourth-order valence-corrected chi connectivity index (χ4v) is 2.03. The maximum Gasteiger partial charge on any atom is 0.141 e. The van der Waals surface area contributed by atoms with E-state index in [4.69, 9.17) is 4.74 Å². The van der Waals surface area contributed by atoms with Crippen LogP contribution in [-0.4, -0.2) is 13.2 Å². The molecule has 0 fully saturated rings. The molecular weight excluding hydrogens is 234 g/mol. The fraction of sp³-hybridized carbons (Fsp3) is 0.647. The highest BCUT2D eigenvalue weighted by Crippen LogP contribution is 2.32. The molecule has 0 saturated carbocycles. The molecule has 0 aliphatic heterocycles. The Morgan fingerprint density at radius 2 is 1.84 bits per heavy atom. The molecule has 1 N–H and O–H groups in total. The van der Waals surface area contributed by atoms with Gasteiger partial charge in [0.15, 0.2) is 0 Å². The van der Waals surface area contributed by atoms with Gasteiger partial charge in [-0.1, -0.05) is 47.1 Å². The zero-order valence-electron chi connectivity index (χ0n) is 13.5. The molecule has 0 bridgehead atoms. The summed E-state index contributed by atoms with van der Waals surface area (Å²) in [6.07, 6.45) is 1.18. The van der Waals surface area contributed by atoms with Crippen LogP contribution < -0.4 is 10.1 Å². The second kappa shape index (κ2) is 6.31. The number of ether oxygens (including phenoxy) is 1. The van der Waals surface area contributed by atoms with Gasteiger partial charge in [0, 0.05) is 6.04 Å². The first-order valence-electron chi connectivity index (χ1n) is 7.24. The summed E-state index contributed by atoms with van der Waals surface area (Å²) in [6.45, 7) is 13.4. The number of hydrogen-bond acceptors (Lipinski definition) is 2. The molecule has 2 atom stereocenters. The predicted molar refractivity (Wildman–Crippen MR) is 84.2 cm³/mol. The summed E-state index contributed by atoms with van der Waals surface area (Å²) in [5, 5.41) is 3.60. The average Bonchev–Trinajstić information content (AvgIpc) is 2.36. The summed E-state index contributed by atoms with van der Waals surface area (Å²) in [7, 11) is 1.73. The van der Waals surface area contributed by atoms with Gasteiger partial charge < -0.3 is 10.1 Å². The van der Waals surface area contributed by atoms with Gasteiger partial charge in [-0.15, -0.1) is 0 Å². The van der Waals surface area contributed by atoms with Gasteiger partial charge in [0.2, 0.25) is 0 Å². The summed E-state index contributed by atoms with van der Waals surface area (Å²) < 4.78 is 5.46. The average molecular weight is 263 g/mol. The van der Waals surface area contributed by atoms with Crippen molar-refractivity contribution in [2.75, 3.05) is 12.4 Å². The monoisotopic (exact) mass is 263 g/mol. The van der Waals surface area contributed by atoms with E-state index in [1.807, 2.05) is 0 Å². The van der Waals surface area contributed by atoms with Gasteiger partial charge in [0.25, 0.3) is 0 Å². The van der Waals surface area contributed by atoms with Crippen molar-refractivity contribution in [3.05, 3.63) is 23.8 Å². The minimum absolute atomic E-state index is 0.155. The molecular formula is C17H29NO. The standard InChI is InChI=1S/C17H29NO/c1-8-12(2)13(3)18-15-11-14(17(4,5)6)9-10-16(15)19-7/h9-13,18H,8H2,1-7H3. The van der Waals surface area contributed by atoms with Gasteiger partial charge in [-0.05, 0) is 36.0 Å². The molecule has 2 nitrogen and oxygen atoms in total. The van der Waals surface area contributed by atoms with Crippen molar-refractivity contribution < 1.29 is 4.74 Å². The van der Waals surface area contributed by atoms with E-state index in [9.17, 15) is 0 Å². The molecule has 1 aromatic carbocycles. The van der Waals surface area contributed by atoms with E-state index in [0.29, 0.717) is 12.0 Å². The van der Waals surface area contributed by atoms with Gasteiger partial charge in [-0.3, -0.25) is 0 Å². The van der Waals surface area contributed by atoms with Crippen LogP contribution in [0.3, 0.4) is 0 Å². The molecule has 19 heavy (non-hydrogen) atoms. The van der Waals surface area contributed by atoms with Gasteiger partial charge >= 0.3 is 0 Å². The fourth-order valence-electron chi connectivity index (χ4n) is 2.03. The first kappa shape index (κ1) is 15.9. The Morgan fingerprint density at radius 1 is 1.21 bits per heavy atom. The number of rotatable bonds is 5. The molecule has 0 amide bonds. The maximum atomic E-state index is 5.46. The lowest BCUT2D eigenvalue weighted by molar-refractivity contribution is 0.413. The van der Waals surface area contributed by atoms with Crippen molar-refractivity contribution >= 4 is 5.69 Å². The van der Waals surface area contributed by atoms with E-state index >= 15 is 0 Å². The molecule has 2 heteroatoms. The third-order valence-electron chi connectivity index (χ3n) is 3.95. The quantitative estimate of drug-likeness (QED) is 0.820. The van der Waals surface area contributed by atoms with Gasteiger partial charge in [-0.2, -0.15) is 0 Å². The normalized spacial score (nSPS) is 14.9. The van der Waals surface area contributed by atoms with Gasteiger partial charge in [0.1, 0.15) is 5.75 Å². The highest BCUT2D eigenvalue weighted by atomic mass is 16.5. The lowest BCUT2D eigenvalue weighted by Gasteiger charge is -2.25. The van der Waals surface area contributed by atoms with E-state index in [-0.39, 0.29) is 5.41 Å². The minimum atomic E-state index is 0.155. The Bertz CT molecular complexity index is 406. The van der Waals surface area contributed by atoms with Crippen molar-refractivity contribution in [2.45, 2.75) is 59.4 Å². The zero-order chi connectivity index (χ0) is 14.6. The van der Waals surface area contributed by atoms with Crippen LogP contribution in [0.5, 0.6) is 5.75 Å². The number of anilines is 1. The molecule has 0 aliphatic rings. The lowest BCUT2D eigenvalue weighted by Crippen LogP contribution is -2.24. The summed E-state index contributed by atoms with van der Waals surface area (Å²) in [5.41, 5.74) is 2.58. The lowest BCUT2D eigenvalue weighted by atomic mass is 9.86. The molecule has 2 unspecified atom stereocenters. The Morgan fingerprint density at radius 3 is 2.32 bits per heavy atom. The van der Waals surface area contributed by atoms with Crippen molar-refractivity contribution in [2.24, 2.45) is 5.92 Å². The second-order valence-corrected chi connectivity index (χ2v) is 6.48. The highest BCUT2D eigenvalue weighted by Gasteiger charge is 2.17. The van der Waals surface area contributed by atoms with E-state index in [1.165, 1.54) is 12.0 Å². The Hall–Kier alpha value is -1.18. The summed E-state index contributed by atoms with van der Waals surface area (Å²) in [5.74, 6) is 1.56. The molecule has 0 saturated heterocycles. The minimum Gasteiger partial charge on any atom is -0.495 e. The van der Waals surface area contributed by atoms with E-state index in [0.717, 1.165) is 11.4 Å². The molecule has 1 aromatic rings. The Kier molecular flexibility index (Phi) is 5.28. The Labute approximate surface area is 118 Å². The zero-order valence-corrected chi connectivity index (χ0v) is 13.5. The smallest absolute Gasteiger partial charge is 0.141 e. The topological polar surface area (TPSA) is 21.3 Å². The van der Waals surface area contributed by atoms with E-state index in [1.54, 1.807) is 7.11 Å². The molecule has 0 radical (unpaired) electrons. The third kappa shape index (κ3) is 4.15. The van der Waals surface area contributed by atoms with Crippen LogP contribution in [0.2, 0.25) is 0 Å². The van der Waals surface area contributed by atoms with Crippen LogP contribution in [-0.2, 0) is 5.41 Å². The van der Waals surface area contributed by atoms with Crippen molar-refractivity contribution in [3.8, 4) is 5.75 Å². The number of methoxy groups -OCH3 is 1. The molecule has 0 aliphatic carbocycles. The first-order chi connectivity index (χ1) is 8.79. The summed E-state index contributed by atoms with van der Waals surface area (Å²) in [4.78, 5) is 0. The van der Waals surface area contributed by atoms with Crippen LogP contribution in [0.15, 0.2) is 18.2 Å². The molecule has 108 valence electrons. The Balaban J connectivity index is 3.03. The maximum absolute atomic E-state index is 5.46. The van der Waals surface area contributed by atoms with Crippen LogP contribution in [0.4, 0.5) is 5.69 Å². The van der Waals surface area contributed by atoms with Crippen LogP contribution in [0, 0.1) is 5.92 Å². The van der Waals surface area contributed by atoms with Crippen molar-refractivity contribution in [1.29, 1.82) is 0 Å². The highest BCUT2D eigenvalue weighted by molar-refractivity contribution is 5.59. The number of hydrogen-bond donors (Lipinski definition) is 1. The van der Waals surface area contributed by atoms with E-state index in [2.05, 4.69) is 65.1 Å². The van der Waals surface area contributed by atoms with E-state index < -0.39 is 0 Å². The number of nitrogens with one attached hydrogen (secondary N) is 1. The molecule has 0 spiro atoms. The molecule has 1 rings (SSSR count). The van der Waals surface area contributed by atoms with Crippen LogP contribution >= 0.6 is 0 Å². The SMILES string of the molecule is CCC(C)C(C)Nc1cc(C(C)(C)C)ccc1OC. The molecule has 0 heterocycles. The third-order valence-corrected chi connectivity index (χ3v) is 3.95.